The highest BCUT2D eigenvalue weighted by Crippen LogP contribution is 2.23. The number of aromatic nitrogens is 1. The molecule has 0 fully saturated rings. The molecule has 1 aromatic heterocycles. The van der Waals surface area contributed by atoms with Gasteiger partial charge in [0.2, 0.25) is 0 Å². The van der Waals surface area contributed by atoms with Crippen LogP contribution >= 0.6 is 11.3 Å². The van der Waals surface area contributed by atoms with Gasteiger partial charge in [0.1, 0.15) is 5.75 Å². The third kappa shape index (κ3) is 4.18. The Morgan fingerprint density at radius 2 is 2.08 bits per heavy atom. The van der Waals surface area contributed by atoms with Gasteiger partial charge in [-0.05, 0) is 36.8 Å². The molecule has 26 heavy (non-hydrogen) atoms. The zero-order chi connectivity index (χ0) is 18.4. The van der Waals surface area contributed by atoms with Gasteiger partial charge in [-0.25, -0.2) is 0 Å². The number of ether oxygens (including phenoxy) is 1. The van der Waals surface area contributed by atoms with Crippen LogP contribution in [0.2, 0.25) is 0 Å². The number of carbonyl (C=O) groups excluding carboxylic acids is 1. The number of hydrogen-bond acceptors (Lipinski definition) is 3. The second-order valence-electron chi connectivity index (χ2n) is 5.54. The van der Waals surface area contributed by atoms with Crippen molar-refractivity contribution < 1.29 is 9.53 Å². The minimum atomic E-state index is -0.289. The first kappa shape index (κ1) is 17.9. The molecule has 0 N–H and O–H groups in total. The molecule has 0 radical (unpaired) electrons. The fourth-order valence-electron chi connectivity index (χ4n) is 2.56. The third-order valence-corrected chi connectivity index (χ3v) is 4.74. The molecule has 5 heteroatoms. The maximum atomic E-state index is 12.3. The number of carbonyl (C=O) groups is 1. The Morgan fingerprint density at radius 3 is 2.81 bits per heavy atom. The summed E-state index contributed by atoms with van der Waals surface area (Å²) in [6.45, 7) is 6.96. The summed E-state index contributed by atoms with van der Waals surface area (Å²) in [6.07, 6.45) is 5.06. The number of amides is 1. The van der Waals surface area contributed by atoms with Gasteiger partial charge in [0.05, 0.1) is 16.8 Å². The van der Waals surface area contributed by atoms with Gasteiger partial charge in [-0.1, -0.05) is 47.7 Å². The van der Waals surface area contributed by atoms with Crippen LogP contribution in [0.5, 0.6) is 5.75 Å². The van der Waals surface area contributed by atoms with E-state index >= 15 is 0 Å². The molecule has 0 aliphatic rings. The lowest BCUT2D eigenvalue weighted by molar-refractivity contribution is -0.113. The smallest absolute Gasteiger partial charge is 0.272 e. The summed E-state index contributed by atoms with van der Waals surface area (Å²) in [7, 11) is 0. The van der Waals surface area contributed by atoms with Crippen molar-refractivity contribution in [1.82, 2.24) is 4.57 Å². The Kier molecular flexibility index (Phi) is 5.81. The van der Waals surface area contributed by atoms with Gasteiger partial charge in [-0.15, -0.1) is 6.58 Å². The summed E-state index contributed by atoms with van der Waals surface area (Å²) < 4.78 is 8.57. The average molecular weight is 364 g/mol. The molecule has 132 valence electrons. The lowest BCUT2D eigenvalue weighted by Crippen LogP contribution is -2.15. The van der Waals surface area contributed by atoms with E-state index in [4.69, 9.17) is 4.74 Å². The van der Waals surface area contributed by atoms with Crippen molar-refractivity contribution in [1.29, 1.82) is 0 Å². The van der Waals surface area contributed by atoms with Crippen molar-refractivity contribution in [3.63, 3.8) is 0 Å². The number of rotatable bonds is 6. The summed E-state index contributed by atoms with van der Waals surface area (Å²) in [5, 5.41) is 0. The largest absolute Gasteiger partial charge is 0.494 e. The molecule has 0 saturated heterocycles. The highest BCUT2D eigenvalue weighted by Gasteiger charge is 2.07. The Balaban J connectivity index is 1.97. The Morgan fingerprint density at radius 1 is 1.27 bits per heavy atom. The van der Waals surface area contributed by atoms with Crippen LogP contribution in [0, 0.1) is 0 Å². The first-order chi connectivity index (χ1) is 12.7. The molecule has 0 bridgehead atoms. The molecule has 1 amide bonds. The second kappa shape index (κ2) is 8.45. The molecule has 1 heterocycles. The Labute approximate surface area is 156 Å². The summed E-state index contributed by atoms with van der Waals surface area (Å²) in [5.74, 6) is 0.525. The number of fused-ring (bicyclic) bond motifs is 1. The van der Waals surface area contributed by atoms with Crippen molar-refractivity contribution in [3.8, 4) is 5.75 Å². The van der Waals surface area contributed by atoms with Crippen LogP contribution in [0.25, 0.3) is 16.3 Å². The van der Waals surface area contributed by atoms with Crippen LogP contribution < -0.4 is 9.54 Å². The number of hydrogen-bond donors (Lipinski definition) is 0. The minimum absolute atomic E-state index is 0.289. The lowest BCUT2D eigenvalue weighted by atomic mass is 10.2. The van der Waals surface area contributed by atoms with Crippen LogP contribution in [-0.4, -0.2) is 17.1 Å². The molecule has 3 aromatic rings. The molecule has 4 nitrogen and oxygen atoms in total. The van der Waals surface area contributed by atoms with Crippen molar-refractivity contribution in [2.24, 2.45) is 4.99 Å². The van der Waals surface area contributed by atoms with E-state index in [9.17, 15) is 4.79 Å². The fraction of sp³-hybridized carbons (Fsp3) is 0.143. The predicted octanol–water partition coefficient (Wildman–Crippen LogP) is 4.43. The standard InChI is InChI=1S/C21H20N2O2S/c1-3-14-23-18-12-11-17(25-4-2)15-19(18)26-21(23)22-20(24)13-10-16-8-6-5-7-9-16/h3,5-13,15H,1,4,14H2,2H3. The zero-order valence-corrected chi connectivity index (χ0v) is 15.4. The quantitative estimate of drug-likeness (QED) is 0.480. The van der Waals surface area contributed by atoms with Crippen LogP contribution in [0.3, 0.4) is 0 Å². The maximum Gasteiger partial charge on any atom is 0.272 e. The number of allylic oxidation sites excluding steroid dienone is 1. The molecule has 3 rings (SSSR count). The summed E-state index contributed by atoms with van der Waals surface area (Å²) in [4.78, 5) is 17.2. The minimum Gasteiger partial charge on any atom is -0.494 e. The highest BCUT2D eigenvalue weighted by molar-refractivity contribution is 7.16. The van der Waals surface area contributed by atoms with Gasteiger partial charge in [0.15, 0.2) is 4.80 Å². The molecule has 0 atom stereocenters. The monoisotopic (exact) mass is 364 g/mol. The van der Waals surface area contributed by atoms with E-state index in [0.717, 1.165) is 21.5 Å². The maximum absolute atomic E-state index is 12.3. The van der Waals surface area contributed by atoms with Crippen LogP contribution in [-0.2, 0) is 11.3 Å². The van der Waals surface area contributed by atoms with Gasteiger partial charge in [-0.2, -0.15) is 4.99 Å². The van der Waals surface area contributed by atoms with Crippen LogP contribution in [0.15, 0.2) is 72.3 Å². The molecule has 2 aromatic carbocycles. The van der Waals surface area contributed by atoms with Gasteiger partial charge in [0.25, 0.3) is 5.91 Å². The molecule has 0 unspecified atom stereocenters. The van der Waals surface area contributed by atoms with E-state index in [1.165, 1.54) is 17.4 Å². The topological polar surface area (TPSA) is 43.6 Å². The van der Waals surface area contributed by atoms with E-state index in [1.807, 2.05) is 60.0 Å². The first-order valence-electron chi connectivity index (χ1n) is 8.40. The first-order valence-corrected chi connectivity index (χ1v) is 9.22. The number of benzene rings is 2. The predicted molar refractivity (Wildman–Crippen MR) is 107 cm³/mol. The van der Waals surface area contributed by atoms with E-state index in [-0.39, 0.29) is 5.91 Å². The number of nitrogens with zero attached hydrogens (tertiary/aromatic N) is 2. The van der Waals surface area contributed by atoms with Crippen molar-refractivity contribution in [3.05, 3.63) is 77.6 Å². The van der Waals surface area contributed by atoms with E-state index in [0.29, 0.717) is 18.0 Å². The van der Waals surface area contributed by atoms with Crippen LogP contribution in [0.1, 0.15) is 12.5 Å². The number of thiazole rings is 1. The van der Waals surface area contributed by atoms with Crippen LogP contribution in [0.4, 0.5) is 0 Å². The second-order valence-corrected chi connectivity index (χ2v) is 6.55. The van der Waals surface area contributed by atoms with E-state index in [1.54, 1.807) is 12.2 Å². The highest BCUT2D eigenvalue weighted by atomic mass is 32.1. The van der Waals surface area contributed by atoms with Gasteiger partial charge in [-0.3, -0.25) is 4.79 Å². The fourth-order valence-corrected chi connectivity index (χ4v) is 3.64. The SMILES string of the molecule is C=CCn1c(=NC(=O)C=Cc2ccccc2)sc2cc(OCC)ccc21. The third-order valence-electron chi connectivity index (χ3n) is 3.70. The normalized spacial score (nSPS) is 12.0. The lowest BCUT2D eigenvalue weighted by Gasteiger charge is -2.03. The summed E-state index contributed by atoms with van der Waals surface area (Å²) >= 11 is 1.47. The summed E-state index contributed by atoms with van der Waals surface area (Å²) in [5.41, 5.74) is 1.98. The average Bonchev–Trinajstić information content (AvgIpc) is 2.98. The van der Waals surface area contributed by atoms with Gasteiger partial charge < -0.3 is 9.30 Å². The van der Waals surface area contributed by atoms with Gasteiger partial charge in [0, 0.05) is 12.6 Å². The molecule has 0 aliphatic heterocycles. The van der Waals surface area contributed by atoms with Crippen molar-refractivity contribution >= 4 is 33.5 Å². The Bertz CT molecular complexity index is 1010. The molecule has 0 aliphatic carbocycles. The molecular formula is C21H20N2O2S. The molecular weight excluding hydrogens is 344 g/mol. The van der Waals surface area contributed by atoms with Crippen molar-refractivity contribution in [2.45, 2.75) is 13.5 Å². The molecule has 0 spiro atoms. The Hall–Kier alpha value is -2.92. The van der Waals surface area contributed by atoms with E-state index < -0.39 is 0 Å². The van der Waals surface area contributed by atoms with E-state index in [2.05, 4.69) is 11.6 Å². The van der Waals surface area contributed by atoms with Gasteiger partial charge >= 0.3 is 0 Å². The van der Waals surface area contributed by atoms with Crippen molar-refractivity contribution in [2.75, 3.05) is 6.61 Å². The molecule has 0 saturated carbocycles. The zero-order valence-electron chi connectivity index (χ0n) is 14.6. The summed E-state index contributed by atoms with van der Waals surface area (Å²) in [6, 6.07) is 15.6.